The van der Waals surface area contributed by atoms with Gasteiger partial charge in [0.1, 0.15) is 5.82 Å². The Morgan fingerprint density at radius 1 is 1.14 bits per heavy atom. The third-order valence-corrected chi connectivity index (χ3v) is 3.41. The lowest BCUT2D eigenvalue weighted by Gasteiger charge is -2.07. The van der Waals surface area contributed by atoms with Gasteiger partial charge in [0.2, 0.25) is 0 Å². The number of aromatic nitrogens is 1. The van der Waals surface area contributed by atoms with Crippen molar-refractivity contribution in [2.45, 2.75) is 4.90 Å². The van der Waals surface area contributed by atoms with Crippen LogP contribution in [0.2, 0.25) is 0 Å². The maximum Gasteiger partial charge on any atom is 0.255 e. The zero-order chi connectivity index (χ0) is 14.8. The predicted octanol–water partition coefficient (Wildman–Crippen LogP) is 3.91. The summed E-state index contributed by atoms with van der Waals surface area (Å²) in [7, 11) is 0. The van der Waals surface area contributed by atoms with Gasteiger partial charge in [-0.1, -0.05) is 6.07 Å². The van der Waals surface area contributed by atoms with Crippen LogP contribution in [0.5, 0.6) is 0 Å². The minimum Gasteiger partial charge on any atom is -0.322 e. The van der Waals surface area contributed by atoms with Crippen molar-refractivity contribution < 1.29 is 9.18 Å². The van der Waals surface area contributed by atoms with E-state index >= 15 is 0 Å². The van der Waals surface area contributed by atoms with E-state index in [2.05, 4.69) is 22.9 Å². The Morgan fingerprint density at radius 2 is 2.00 bits per heavy atom. The normalized spacial score (nSPS) is 10.6. The monoisotopic (exact) mass is 298 g/mol. The summed E-state index contributed by atoms with van der Waals surface area (Å²) in [5, 5.41) is 3.71. The van der Waals surface area contributed by atoms with E-state index in [1.807, 2.05) is 24.3 Å². The van der Waals surface area contributed by atoms with Crippen molar-refractivity contribution in [3.8, 4) is 0 Å². The van der Waals surface area contributed by atoms with E-state index in [1.54, 1.807) is 12.3 Å². The molecule has 0 bridgehead atoms. The van der Waals surface area contributed by atoms with E-state index in [9.17, 15) is 9.18 Å². The summed E-state index contributed by atoms with van der Waals surface area (Å²) < 4.78 is 13.1. The summed E-state index contributed by atoms with van der Waals surface area (Å²) in [4.78, 5) is 16.5. The van der Waals surface area contributed by atoms with Crippen LogP contribution in [-0.4, -0.2) is 10.9 Å². The highest BCUT2D eigenvalue weighted by molar-refractivity contribution is 7.80. The molecule has 0 aliphatic carbocycles. The number of carbonyl (C=O) groups is 1. The number of carbonyl (C=O) groups excluding carboxylic acids is 1. The molecule has 1 heterocycles. The van der Waals surface area contributed by atoms with Crippen molar-refractivity contribution in [3.63, 3.8) is 0 Å². The number of rotatable bonds is 2. The number of thiol groups is 1. The zero-order valence-electron chi connectivity index (χ0n) is 10.9. The largest absolute Gasteiger partial charge is 0.322 e. The fourth-order valence-electron chi connectivity index (χ4n) is 2.01. The molecular formula is C16H11FN2OS. The van der Waals surface area contributed by atoms with Gasteiger partial charge in [0.15, 0.2) is 0 Å². The SMILES string of the molecule is O=C(Nc1ccc2ncccc2c1)c1ccc(F)c(S)c1. The van der Waals surface area contributed by atoms with Gasteiger partial charge in [0, 0.05) is 27.7 Å². The van der Waals surface area contributed by atoms with E-state index in [1.165, 1.54) is 18.2 Å². The second-order valence-electron chi connectivity index (χ2n) is 4.53. The van der Waals surface area contributed by atoms with Gasteiger partial charge in [-0.25, -0.2) is 4.39 Å². The number of hydrogen-bond donors (Lipinski definition) is 2. The van der Waals surface area contributed by atoms with Gasteiger partial charge in [-0.3, -0.25) is 9.78 Å². The molecule has 1 aromatic heterocycles. The molecule has 0 fully saturated rings. The van der Waals surface area contributed by atoms with Crippen molar-refractivity contribution in [2.75, 3.05) is 5.32 Å². The van der Waals surface area contributed by atoms with Gasteiger partial charge in [0.05, 0.1) is 5.52 Å². The number of nitrogens with one attached hydrogen (secondary N) is 1. The number of fused-ring (bicyclic) bond motifs is 1. The van der Waals surface area contributed by atoms with Gasteiger partial charge in [-0.2, -0.15) is 0 Å². The molecule has 0 saturated heterocycles. The number of amides is 1. The van der Waals surface area contributed by atoms with Gasteiger partial charge >= 0.3 is 0 Å². The van der Waals surface area contributed by atoms with Crippen molar-refractivity contribution in [1.82, 2.24) is 4.98 Å². The topological polar surface area (TPSA) is 42.0 Å². The first kappa shape index (κ1) is 13.6. The Hall–Kier alpha value is -2.40. The first-order valence-corrected chi connectivity index (χ1v) is 6.73. The minimum atomic E-state index is -0.452. The highest BCUT2D eigenvalue weighted by Gasteiger charge is 2.09. The molecule has 0 spiro atoms. The maximum atomic E-state index is 13.1. The van der Waals surface area contributed by atoms with Crippen LogP contribution in [0.25, 0.3) is 10.9 Å². The Bertz CT molecular complexity index is 835. The summed E-state index contributed by atoms with van der Waals surface area (Å²) in [5.74, 6) is -0.764. The van der Waals surface area contributed by atoms with Crippen LogP contribution in [-0.2, 0) is 0 Å². The number of nitrogens with zero attached hydrogens (tertiary/aromatic N) is 1. The molecule has 3 aromatic rings. The van der Waals surface area contributed by atoms with Crippen molar-refractivity contribution in [2.24, 2.45) is 0 Å². The van der Waals surface area contributed by atoms with Crippen molar-refractivity contribution >= 4 is 35.1 Å². The van der Waals surface area contributed by atoms with E-state index in [0.29, 0.717) is 11.3 Å². The zero-order valence-corrected chi connectivity index (χ0v) is 11.8. The van der Waals surface area contributed by atoms with Crippen LogP contribution < -0.4 is 5.32 Å². The second-order valence-corrected chi connectivity index (χ2v) is 5.01. The first-order chi connectivity index (χ1) is 10.1. The third kappa shape index (κ3) is 2.87. The predicted molar refractivity (Wildman–Crippen MR) is 83.3 cm³/mol. The van der Waals surface area contributed by atoms with Crippen LogP contribution in [0.1, 0.15) is 10.4 Å². The molecule has 104 valence electrons. The van der Waals surface area contributed by atoms with Crippen molar-refractivity contribution in [1.29, 1.82) is 0 Å². The third-order valence-electron chi connectivity index (χ3n) is 3.07. The quantitative estimate of drug-likeness (QED) is 0.704. The lowest BCUT2D eigenvalue weighted by Crippen LogP contribution is -2.12. The summed E-state index contributed by atoms with van der Waals surface area (Å²) in [6.07, 6.45) is 1.72. The number of halogens is 1. The summed E-state index contributed by atoms with van der Waals surface area (Å²) in [6.45, 7) is 0. The van der Waals surface area contributed by atoms with Gasteiger partial charge in [-0.15, -0.1) is 12.6 Å². The van der Waals surface area contributed by atoms with Crippen LogP contribution in [0.15, 0.2) is 59.6 Å². The number of benzene rings is 2. The number of hydrogen-bond acceptors (Lipinski definition) is 3. The Kier molecular flexibility index (Phi) is 3.58. The van der Waals surface area contributed by atoms with Crippen LogP contribution in [0.4, 0.5) is 10.1 Å². The Labute approximate surface area is 126 Å². The van der Waals surface area contributed by atoms with Gasteiger partial charge < -0.3 is 5.32 Å². The molecule has 21 heavy (non-hydrogen) atoms. The summed E-state index contributed by atoms with van der Waals surface area (Å²) in [5.41, 5.74) is 1.87. The van der Waals surface area contributed by atoms with Gasteiger partial charge in [-0.05, 0) is 42.5 Å². The van der Waals surface area contributed by atoms with E-state index in [-0.39, 0.29) is 10.8 Å². The lowest BCUT2D eigenvalue weighted by atomic mass is 10.1. The standard InChI is InChI=1S/C16H11FN2OS/c17-13-5-3-11(9-15(13)21)16(20)19-12-4-6-14-10(8-12)2-1-7-18-14/h1-9,21H,(H,19,20). The van der Waals surface area contributed by atoms with E-state index in [0.717, 1.165) is 10.9 Å². The molecule has 2 aromatic carbocycles. The molecule has 0 radical (unpaired) electrons. The van der Waals surface area contributed by atoms with Crippen LogP contribution in [0.3, 0.4) is 0 Å². The highest BCUT2D eigenvalue weighted by atomic mass is 32.1. The highest BCUT2D eigenvalue weighted by Crippen LogP contribution is 2.19. The molecule has 0 atom stereocenters. The van der Waals surface area contributed by atoms with Crippen LogP contribution in [0, 0.1) is 5.82 Å². The summed E-state index contributed by atoms with van der Waals surface area (Å²) >= 11 is 3.97. The molecule has 5 heteroatoms. The molecule has 0 unspecified atom stereocenters. The molecule has 1 amide bonds. The fraction of sp³-hybridized carbons (Fsp3) is 0. The smallest absolute Gasteiger partial charge is 0.255 e. The average Bonchev–Trinajstić information content (AvgIpc) is 2.50. The average molecular weight is 298 g/mol. The molecule has 0 aliphatic rings. The number of pyridine rings is 1. The molecular weight excluding hydrogens is 287 g/mol. The number of anilines is 1. The van der Waals surface area contributed by atoms with Crippen molar-refractivity contribution in [3.05, 3.63) is 66.1 Å². The molecule has 3 nitrogen and oxygen atoms in total. The fourth-order valence-corrected chi connectivity index (χ4v) is 2.22. The van der Waals surface area contributed by atoms with E-state index in [4.69, 9.17) is 0 Å². The Balaban J connectivity index is 1.87. The maximum absolute atomic E-state index is 13.1. The Morgan fingerprint density at radius 3 is 2.81 bits per heavy atom. The van der Waals surface area contributed by atoms with Crippen LogP contribution >= 0.6 is 12.6 Å². The van der Waals surface area contributed by atoms with E-state index < -0.39 is 5.82 Å². The molecule has 0 aliphatic heterocycles. The second kappa shape index (κ2) is 5.54. The first-order valence-electron chi connectivity index (χ1n) is 6.28. The molecule has 1 N–H and O–H groups in total. The summed E-state index contributed by atoms with van der Waals surface area (Å²) in [6, 6.07) is 13.2. The molecule has 3 rings (SSSR count). The molecule has 0 saturated carbocycles. The lowest BCUT2D eigenvalue weighted by molar-refractivity contribution is 0.102. The minimum absolute atomic E-state index is 0.144. The van der Waals surface area contributed by atoms with Gasteiger partial charge in [0.25, 0.3) is 5.91 Å².